The SMILES string of the molecule is CCOc1ccc(C(=O)N/N=C\c2ccc(OC)cc2OC)cc1. The lowest BCUT2D eigenvalue weighted by Crippen LogP contribution is -2.17. The van der Waals surface area contributed by atoms with E-state index in [1.165, 1.54) is 6.21 Å². The minimum absolute atomic E-state index is 0.304. The van der Waals surface area contributed by atoms with Gasteiger partial charge in [0.05, 0.1) is 27.0 Å². The van der Waals surface area contributed by atoms with Gasteiger partial charge >= 0.3 is 0 Å². The molecule has 0 aromatic heterocycles. The van der Waals surface area contributed by atoms with Gasteiger partial charge < -0.3 is 14.2 Å². The molecule has 0 heterocycles. The van der Waals surface area contributed by atoms with Crippen molar-refractivity contribution in [2.75, 3.05) is 20.8 Å². The van der Waals surface area contributed by atoms with Gasteiger partial charge in [-0.3, -0.25) is 4.79 Å². The van der Waals surface area contributed by atoms with Crippen LogP contribution in [0.2, 0.25) is 0 Å². The summed E-state index contributed by atoms with van der Waals surface area (Å²) in [7, 11) is 3.14. The lowest BCUT2D eigenvalue weighted by molar-refractivity contribution is 0.0955. The van der Waals surface area contributed by atoms with Gasteiger partial charge in [-0.25, -0.2) is 5.43 Å². The van der Waals surface area contributed by atoms with Crippen molar-refractivity contribution in [2.24, 2.45) is 5.10 Å². The molecule has 0 atom stereocenters. The van der Waals surface area contributed by atoms with Crippen LogP contribution in [0.3, 0.4) is 0 Å². The minimum atomic E-state index is -0.304. The zero-order valence-corrected chi connectivity index (χ0v) is 13.9. The fraction of sp³-hybridized carbons (Fsp3) is 0.222. The van der Waals surface area contributed by atoms with Crippen LogP contribution in [-0.4, -0.2) is 32.9 Å². The highest BCUT2D eigenvalue weighted by atomic mass is 16.5. The van der Waals surface area contributed by atoms with E-state index in [-0.39, 0.29) is 5.91 Å². The first-order chi connectivity index (χ1) is 11.7. The summed E-state index contributed by atoms with van der Waals surface area (Å²) in [5.74, 6) is 1.71. The predicted octanol–water partition coefficient (Wildman–Crippen LogP) is 2.87. The summed E-state index contributed by atoms with van der Waals surface area (Å²) in [5, 5.41) is 3.96. The Hall–Kier alpha value is -3.02. The number of nitrogens with one attached hydrogen (secondary N) is 1. The first-order valence-electron chi connectivity index (χ1n) is 7.46. The third-order valence-corrected chi connectivity index (χ3v) is 3.24. The molecule has 0 saturated carbocycles. The molecule has 2 rings (SSSR count). The maximum Gasteiger partial charge on any atom is 0.271 e. The fourth-order valence-electron chi connectivity index (χ4n) is 2.02. The number of carbonyl (C=O) groups is 1. The number of carbonyl (C=O) groups excluding carboxylic acids is 1. The summed E-state index contributed by atoms with van der Waals surface area (Å²) in [6.45, 7) is 2.49. The maximum absolute atomic E-state index is 12.0. The van der Waals surface area contributed by atoms with Crippen molar-refractivity contribution in [1.29, 1.82) is 0 Å². The Bertz CT molecular complexity index is 711. The molecule has 0 unspecified atom stereocenters. The Morgan fingerprint density at radius 1 is 1.08 bits per heavy atom. The van der Waals surface area contributed by atoms with Crippen LogP contribution in [0, 0.1) is 0 Å². The minimum Gasteiger partial charge on any atom is -0.497 e. The predicted molar refractivity (Wildman–Crippen MR) is 92.2 cm³/mol. The third kappa shape index (κ3) is 4.49. The third-order valence-electron chi connectivity index (χ3n) is 3.24. The molecule has 0 aliphatic heterocycles. The molecule has 0 aliphatic rings. The van der Waals surface area contributed by atoms with Gasteiger partial charge in [-0.15, -0.1) is 0 Å². The largest absolute Gasteiger partial charge is 0.497 e. The number of hydrazone groups is 1. The molecule has 2 aromatic carbocycles. The Labute approximate surface area is 141 Å². The van der Waals surface area contributed by atoms with Crippen molar-refractivity contribution in [3.63, 3.8) is 0 Å². The molecule has 0 aliphatic carbocycles. The van der Waals surface area contributed by atoms with E-state index in [1.54, 1.807) is 56.7 Å². The number of hydrogen-bond acceptors (Lipinski definition) is 5. The van der Waals surface area contributed by atoms with E-state index in [2.05, 4.69) is 10.5 Å². The average Bonchev–Trinajstić information content (AvgIpc) is 2.62. The maximum atomic E-state index is 12.0. The van der Waals surface area contributed by atoms with Crippen molar-refractivity contribution >= 4 is 12.1 Å². The van der Waals surface area contributed by atoms with Crippen LogP contribution in [-0.2, 0) is 0 Å². The van der Waals surface area contributed by atoms with Gasteiger partial charge in [-0.1, -0.05) is 0 Å². The number of amides is 1. The number of ether oxygens (including phenoxy) is 3. The molecule has 6 nitrogen and oxygen atoms in total. The number of nitrogens with zero attached hydrogens (tertiary/aromatic N) is 1. The van der Waals surface area contributed by atoms with E-state index < -0.39 is 0 Å². The summed E-state index contributed by atoms with van der Waals surface area (Å²) < 4.78 is 15.7. The van der Waals surface area contributed by atoms with Crippen molar-refractivity contribution in [2.45, 2.75) is 6.92 Å². The molecule has 1 amide bonds. The first-order valence-corrected chi connectivity index (χ1v) is 7.46. The molecular formula is C18H20N2O4. The second-order valence-electron chi connectivity index (χ2n) is 4.76. The topological polar surface area (TPSA) is 69.2 Å². The molecule has 0 bridgehead atoms. The molecule has 2 aromatic rings. The highest BCUT2D eigenvalue weighted by Gasteiger charge is 2.05. The molecule has 126 valence electrons. The van der Waals surface area contributed by atoms with Crippen LogP contribution in [0.5, 0.6) is 17.2 Å². The summed E-state index contributed by atoms with van der Waals surface area (Å²) >= 11 is 0. The van der Waals surface area contributed by atoms with Gasteiger partial charge in [0.25, 0.3) is 5.91 Å². The van der Waals surface area contributed by atoms with Gasteiger partial charge in [0.15, 0.2) is 0 Å². The molecule has 0 fully saturated rings. The van der Waals surface area contributed by atoms with Gasteiger partial charge in [0.1, 0.15) is 17.2 Å². The van der Waals surface area contributed by atoms with E-state index in [4.69, 9.17) is 14.2 Å². The lowest BCUT2D eigenvalue weighted by atomic mass is 10.2. The Balaban J connectivity index is 2.01. The second-order valence-corrected chi connectivity index (χ2v) is 4.76. The summed E-state index contributed by atoms with van der Waals surface area (Å²) in [6, 6.07) is 12.2. The van der Waals surface area contributed by atoms with Crippen LogP contribution in [0.15, 0.2) is 47.6 Å². The highest BCUT2D eigenvalue weighted by molar-refractivity contribution is 5.95. The Kier molecular flexibility index (Phi) is 6.19. The quantitative estimate of drug-likeness (QED) is 0.627. The summed E-state index contributed by atoms with van der Waals surface area (Å²) in [4.78, 5) is 12.0. The van der Waals surface area contributed by atoms with E-state index in [0.717, 1.165) is 11.3 Å². The summed E-state index contributed by atoms with van der Waals surface area (Å²) in [5.41, 5.74) is 3.71. The van der Waals surface area contributed by atoms with Crippen molar-refractivity contribution in [3.8, 4) is 17.2 Å². The molecule has 24 heavy (non-hydrogen) atoms. The van der Waals surface area contributed by atoms with Gasteiger partial charge in [-0.05, 0) is 43.3 Å². The first kappa shape index (κ1) is 17.3. The van der Waals surface area contributed by atoms with Crippen LogP contribution in [0.4, 0.5) is 0 Å². The van der Waals surface area contributed by atoms with Crippen LogP contribution in [0.1, 0.15) is 22.8 Å². The molecule has 6 heteroatoms. The van der Waals surface area contributed by atoms with E-state index >= 15 is 0 Å². The van der Waals surface area contributed by atoms with Crippen molar-refractivity contribution in [3.05, 3.63) is 53.6 Å². The Morgan fingerprint density at radius 2 is 1.79 bits per heavy atom. The van der Waals surface area contributed by atoms with E-state index in [1.807, 2.05) is 6.92 Å². The fourth-order valence-corrected chi connectivity index (χ4v) is 2.02. The molecule has 0 radical (unpaired) electrons. The monoisotopic (exact) mass is 328 g/mol. The van der Waals surface area contributed by atoms with Crippen molar-refractivity contribution < 1.29 is 19.0 Å². The van der Waals surface area contributed by atoms with Gasteiger partial charge in [0.2, 0.25) is 0 Å². The zero-order chi connectivity index (χ0) is 17.4. The number of hydrogen-bond donors (Lipinski definition) is 1. The lowest BCUT2D eigenvalue weighted by Gasteiger charge is -2.07. The van der Waals surface area contributed by atoms with Gasteiger partial charge in [-0.2, -0.15) is 5.10 Å². The number of benzene rings is 2. The van der Waals surface area contributed by atoms with E-state index in [0.29, 0.717) is 23.7 Å². The number of rotatable bonds is 7. The molecule has 0 spiro atoms. The van der Waals surface area contributed by atoms with Gasteiger partial charge in [0, 0.05) is 17.2 Å². The normalized spacial score (nSPS) is 10.5. The highest BCUT2D eigenvalue weighted by Crippen LogP contribution is 2.23. The van der Waals surface area contributed by atoms with Crippen LogP contribution in [0.25, 0.3) is 0 Å². The Morgan fingerprint density at radius 3 is 2.42 bits per heavy atom. The van der Waals surface area contributed by atoms with Crippen LogP contribution >= 0.6 is 0 Å². The standard InChI is InChI=1S/C18H20N2O4/c1-4-24-15-8-5-13(6-9-15)18(21)20-19-12-14-7-10-16(22-2)11-17(14)23-3/h5-12H,4H2,1-3H3,(H,20,21)/b19-12-. The van der Waals surface area contributed by atoms with Crippen molar-refractivity contribution in [1.82, 2.24) is 5.43 Å². The molecular weight excluding hydrogens is 308 g/mol. The second kappa shape index (κ2) is 8.57. The zero-order valence-electron chi connectivity index (χ0n) is 13.9. The van der Waals surface area contributed by atoms with Crippen LogP contribution < -0.4 is 19.6 Å². The average molecular weight is 328 g/mol. The molecule has 0 saturated heterocycles. The number of methoxy groups -OCH3 is 2. The molecule has 1 N–H and O–H groups in total. The summed E-state index contributed by atoms with van der Waals surface area (Å²) in [6.07, 6.45) is 1.52. The smallest absolute Gasteiger partial charge is 0.271 e. The van der Waals surface area contributed by atoms with E-state index in [9.17, 15) is 4.79 Å².